The van der Waals surface area contributed by atoms with Gasteiger partial charge < -0.3 is 20.5 Å². The second-order valence-electron chi connectivity index (χ2n) is 11.5. The van der Waals surface area contributed by atoms with Crippen molar-refractivity contribution in [1.29, 1.82) is 0 Å². The molecule has 0 heterocycles. The SMILES string of the molecule is O=C(COC1CCC(Cl)C(F)C1)NC12CCC(C(=O)NCC3CCC(C(F)(F)F)CC3)(CC1)[C@@H](O)C2. The lowest BCUT2D eigenvalue weighted by atomic mass is 9.55. The molecule has 0 saturated heterocycles. The summed E-state index contributed by atoms with van der Waals surface area (Å²) in [5.74, 6) is -1.80. The normalized spacial score (nSPS) is 41.1. The Balaban J connectivity index is 1.22. The van der Waals surface area contributed by atoms with Crippen molar-refractivity contribution in [3.05, 3.63) is 0 Å². The lowest BCUT2D eigenvalue weighted by Gasteiger charge is -2.55. The van der Waals surface area contributed by atoms with E-state index in [1.165, 1.54) is 0 Å². The van der Waals surface area contributed by atoms with E-state index in [-0.39, 0.29) is 56.1 Å². The molecule has 5 aliphatic carbocycles. The highest BCUT2D eigenvalue weighted by Gasteiger charge is 2.58. The smallest absolute Gasteiger partial charge is 0.391 e. The number of alkyl halides is 5. The number of nitrogens with one attached hydrogen (secondary N) is 2. The fourth-order valence-corrected chi connectivity index (χ4v) is 6.89. The third-order valence-electron chi connectivity index (χ3n) is 9.13. The second kappa shape index (κ2) is 10.9. The van der Waals surface area contributed by atoms with Gasteiger partial charge in [-0.25, -0.2) is 4.39 Å². The molecule has 0 spiro atoms. The van der Waals surface area contributed by atoms with Gasteiger partial charge in [0.1, 0.15) is 12.8 Å². The zero-order valence-corrected chi connectivity index (χ0v) is 21.2. The van der Waals surface area contributed by atoms with E-state index in [2.05, 4.69) is 10.6 Å². The number of hydrogen-bond acceptors (Lipinski definition) is 4. The van der Waals surface area contributed by atoms with Crippen LogP contribution >= 0.6 is 11.6 Å². The minimum absolute atomic E-state index is 0.0128. The van der Waals surface area contributed by atoms with Crippen LogP contribution < -0.4 is 10.6 Å². The van der Waals surface area contributed by atoms with Crippen LogP contribution in [-0.2, 0) is 14.3 Å². The van der Waals surface area contributed by atoms with E-state index < -0.39 is 40.7 Å². The largest absolute Gasteiger partial charge is 0.392 e. The number of rotatable bonds is 7. The first kappa shape index (κ1) is 27.9. The Morgan fingerprint density at radius 2 is 1.69 bits per heavy atom. The molecule has 5 fully saturated rings. The summed E-state index contributed by atoms with van der Waals surface area (Å²) in [5.41, 5.74) is -1.53. The van der Waals surface area contributed by atoms with Crippen molar-refractivity contribution in [3.8, 4) is 0 Å². The predicted octanol–water partition coefficient (Wildman–Crippen LogP) is 4.17. The molecule has 3 N–H and O–H groups in total. The van der Waals surface area contributed by atoms with Crippen LogP contribution in [0.4, 0.5) is 17.6 Å². The van der Waals surface area contributed by atoms with Crippen molar-refractivity contribution < 1.29 is 37.0 Å². The van der Waals surface area contributed by atoms with Crippen LogP contribution in [0.5, 0.6) is 0 Å². The molecule has 0 aromatic carbocycles. The van der Waals surface area contributed by atoms with E-state index >= 15 is 0 Å². The quantitative estimate of drug-likeness (QED) is 0.334. The maximum Gasteiger partial charge on any atom is 0.391 e. The summed E-state index contributed by atoms with van der Waals surface area (Å²) in [6.45, 7) is 0.132. The molecule has 5 saturated carbocycles. The first-order valence-electron chi connectivity index (χ1n) is 13.2. The lowest BCUT2D eigenvalue weighted by molar-refractivity contribution is -0.184. The summed E-state index contributed by atoms with van der Waals surface area (Å²) in [5, 5.41) is 16.3. The van der Waals surface area contributed by atoms with Crippen molar-refractivity contribution in [2.75, 3.05) is 13.2 Å². The molecule has 5 rings (SSSR count). The van der Waals surface area contributed by atoms with Crippen molar-refractivity contribution in [1.82, 2.24) is 10.6 Å². The molecule has 0 aromatic rings. The summed E-state index contributed by atoms with van der Waals surface area (Å²) in [7, 11) is 0. The van der Waals surface area contributed by atoms with E-state index in [0.29, 0.717) is 57.9 Å². The van der Waals surface area contributed by atoms with E-state index in [0.717, 1.165) is 0 Å². The molecule has 0 radical (unpaired) electrons. The molecule has 3 unspecified atom stereocenters. The Bertz CT molecular complexity index is 797. The number of amides is 2. The highest BCUT2D eigenvalue weighted by Crippen LogP contribution is 2.52. The second-order valence-corrected chi connectivity index (χ2v) is 12.0. The van der Waals surface area contributed by atoms with Crippen LogP contribution in [0.2, 0.25) is 0 Å². The average Bonchev–Trinajstić information content (AvgIpc) is 2.83. The van der Waals surface area contributed by atoms with Crippen LogP contribution in [0.3, 0.4) is 0 Å². The maximum atomic E-state index is 13.8. The molecule has 6 nitrogen and oxygen atoms in total. The Hall–Kier alpha value is -1.13. The Morgan fingerprint density at radius 1 is 1.03 bits per heavy atom. The van der Waals surface area contributed by atoms with Gasteiger partial charge in [-0.05, 0) is 76.5 Å². The van der Waals surface area contributed by atoms with Gasteiger partial charge >= 0.3 is 6.18 Å². The average molecular weight is 541 g/mol. The van der Waals surface area contributed by atoms with E-state index in [9.17, 15) is 32.3 Å². The Morgan fingerprint density at radius 3 is 2.28 bits per heavy atom. The van der Waals surface area contributed by atoms with Gasteiger partial charge in [-0.2, -0.15) is 13.2 Å². The number of ether oxygens (including phenoxy) is 1. The molecule has 0 aromatic heterocycles. The van der Waals surface area contributed by atoms with Crippen LogP contribution in [0, 0.1) is 17.3 Å². The zero-order chi connectivity index (χ0) is 26.1. The zero-order valence-electron chi connectivity index (χ0n) is 20.4. The number of hydrogen-bond donors (Lipinski definition) is 3. The monoisotopic (exact) mass is 540 g/mol. The number of halogens is 5. The van der Waals surface area contributed by atoms with Gasteiger partial charge in [0.2, 0.25) is 11.8 Å². The molecular weight excluding hydrogens is 504 g/mol. The van der Waals surface area contributed by atoms with Crippen LogP contribution in [0.1, 0.15) is 77.0 Å². The molecule has 2 bridgehead atoms. The molecule has 206 valence electrons. The van der Waals surface area contributed by atoms with Gasteiger partial charge in [0, 0.05) is 18.5 Å². The third kappa shape index (κ3) is 6.12. The van der Waals surface area contributed by atoms with E-state index in [1.54, 1.807) is 0 Å². The van der Waals surface area contributed by atoms with E-state index in [4.69, 9.17) is 16.3 Å². The number of aliphatic hydroxyl groups is 1. The molecule has 2 amide bonds. The summed E-state index contributed by atoms with van der Waals surface area (Å²) in [6.07, 6.45) is -2.06. The number of aliphatic hydroxyl groups excluding tert-OH is 1. The molecule has 36 heavy (non-hydrogen) atoms. The van der Waals surface area contributed by atoms with Gasteiger partial charge in [0.05, 0.1) is 28.9 Å². The van der Waals surface area contributed by atoms with Gasteiger partial charge in [-0.15, -0.1) is 11.6 Å². The molecule has 11 heteroatoms. The lowest BCUT2D eigenvalue weighted by Crippen LogP contribution is -2.65. The number of fused-ring (bicyclic) bond motifs is 3. The molecular formula is C25H37ClF4N2O4. The van der Waals surface area contributed by atoms with Crippen molar-refractivity contribution >= 4 is 23.4 Å². The number of carbonyl (C=O) groups is 2. The summed E-state index contributed by atoms with van der Waals surface area (Å²) >= 11 is 5.89. The van der Waals surface area contributed by atoms with Crippen molar-refractivity contribution in [2.24, 2.45) is 17.3 Å². The maximum absolute atomic E-state index is 13.8. The predicted molar refractivity (Wildman–Crippen MR) is 125 cm³/mol. The highest BCUT2D eigenvalue weighted by atomic mass is 35.5. The number of carbonyl (C=O) groups excluding carboxylic acids is 2. The first-order chi connectivity index (χ1) is 16.9. The summed E-state index contributed by atoms with van der Waals surface area (Å²) in [6, 6.07) is 0. The van der Waals surface area contributed by atoms with Crippen LogP contribution in [0.15, 0.2) is 0 Å². The third-order valence-corrected chi connectivity index (χ3v) is 9.63. The van der Waals surface area contributed by atoms with E-state index in [1.807, 2.05) is 0 Å². The molecule has 0 aliphatic heterocycles. The van der Waals surface area contributed by atoms with Gasteiger partial charge in [-0.1, -0.05) is 0 Å². The minimum atomic E-state index is -4.16. The summed E-state index contributed by atoms with van der Waals surface area (Å²) in [4.78, 5) is 25.7. The van der Waals surface area contributed by atoms with Crippen LogP contribution in [-0.4, -0.2) is 65.5 Å². The molecule has 4 atom stereocenters. The van der Waals surface area contributed by atoms with Gasteiger partial charge in [-0.3, -0.25) is 9.59 Å². The summed E-state index contributed by atoms with van der Waals surface area (Å²) < 4.78 is 58.1. The first-order valence-corrected chi connectivity index (χ1v) is 13.6. The fourth-order valence-electron chi connectivity index (χ4n) is 6.66. The minimum Gasteiger partial charge on any atom is -0.392 e. The van der Waals surface area contributed by atoms with Gasteiger partial charge in [0.25, 0.3) is 0 Å². The topological polar surface area (TPSA) is 87.7 Å². The van der Waals surface area contributed by atoms with Crippen molar-refractivity contribution in [2.45, 2.75) is 113 Å². The molecule has 5 aliphatic rings. The fraction of sp³-hybridized carbons (Fsp3) is 0.920. The van der Waals surface area contributed by atoms with Gasteiger partial charge in [0.15, 0.2) is 0 Å². The van der Waals surface area contributed by atoms with Crippen LogP contribution in [0.25, 0.3) is 0 Å². The van der Waals surface area contributed by atoms with Crippen molar-refractivity contribution in [3.63, 3.8) is 0 Å². The highest BCUT2D eigenvalue weighted by molar-refractivity contribution is 6.21. The standard InChI is InChI=1S/C25H37ClF4N2O4/c26-18-6-5-17(11-19(18)27)36-14-21(34)32-23-7-9-24(10-8-23,20(33)12-23)22(35)31-13-15-1-3-16(4-2-15)25(28,29)30/h15-20,33H,1-14H2,(H,31,35)(H,32,34)/t15?,16?,17?,18?,19?,20-,23?,24?/m0/s1. The Labute approximate surface area is 214 Å². The Kier molecular flexibility index (Phi) is 8.47.